The van der Waals surface area contributed by atoms with Crippen molar-refractivity contribution < 1.29 is 9.84 Å². The lowest BCUT2D eigenvalue weighted by Gasteiger charge is -2.19. The van der Waals surface area contributed by atoms with Crippen LogP contribution in [0.1, 0.15) is 20.8 Å². The highest BCUT2D eigenvalue weighted by Gasteiger charge is 2.14. The molecule has 0 heterocycles. The Morgan fingerprint density at radius 1 is 1.30 bits per heavy atom. The van der Waals surface area contributed by atoms with Crippen LogP contribution in [0, 0.1) is 0 Å². The van der Waals surface area contributed by atoms with Crippen molar-refractivity contribution in [3.8, 4) is 0 Å². The summed E-state index contributed by atoms with van der Waals surface area (Å²) in [6, 6.07) is 0. The Bertz CT molecular complexity index is 142. The van der Waals surface area contributed by atoms with Gasteiger partial charge in [-0.2, -0.15) is 0 Å². The van der Waals surface area contributed by atoms with E-state index in [1.165, 1.54) is 0 Å². The van der Waals surface area contributed by atoms with Crippen LogP contribution in [0.25, 0.3) is 0 Å². The first-order valence-electron chi connectivity index (χ1n) is 2.76. The second-order valence-electron chi connectivity index (χ2n) is 2.78. The highest BCUT2D eigenvalue weighted by Crippen LogP contribution is 2.18. The van der Waals surface area contributed by atoms with Crippen LogP contribution < -0.4 is 0 Å². The van der Waals surface area contributed by atoms with Crippen molar-refractivity contribution in [2.24, 2.45) is 0 Å². The number of ether oxygens (including phenoxy) is 1. The molecule has 0 aromatic heterocycles. The molecule has 0 unspecified atom stereocenters. The average Bonchev–Trinajstić information content (AvgIpc) is 1.60. The summed E-state index contributed by atoms with van der Waals surface area (Å²) in [5.41, 5.74) is -0.473. The van der Waals surface area contributed by atoms with Gasteiger partial charge in [0.1, 0.15) is 5.60 Å². The SMILES string of the molecule is CC(C)(C)OC(O)=C(Cl)Cl. The highest BCUT2D eigenvalue weighted by atomic mass is 35.5. The van der Waals surface area contributed by atoms with Crippen molar-refractivity contribution in [1.29, 1.82) is 0 Å². The van der Waals surface area contributed by atoms with E-state index in [9.17, 15) is 0 Å². The first kappa shape index (κ1) is 9.92. The summed E-state index contributed by atoms with van der Waals surface area (Å²) in [6.45, 7) is 5.33. The van der Waals surface area contributed by atoms with Crippen LogP contribution >= 0.6 is 23.2 Å². The fourth-order valence-electron chi connectivity index (χ4n) is 0.329. The summed E-state index contributed by atoms with van der Waals surface area (Å²) in [5, 5.41) is 8.86. The number of aliphatic hydroxyl groups is 1. The van der Waals surface area contributed by atoms with Crippen LogP contribution in [-0.2, 0) is 4.74 Å². The Morgan fingerprint density at radius 3 is 1.80 bits per heavy atom. The Hall–Kier alpha value is -0.0800. The van der Waals surface area contributed by atoms with E-state index in [0.717, 1.165) is 0 Å². The van der Waals surface area contributed by atoms with Crippen molar-refractivity contribution in [1.82, 2.24) is 0 Å². The molecule has 0 fully saturated rings. The van der Waals surface area contributed by atoms with E-state index >= 15 is 0 Å². The third-order valence-corrected chi connectivity index (χ3v) is 0.888. The molecule has 0 saturated heterocycles. The summed E-state index contributed by atoms with van der Waals surface area (Å²) < 4.78 is 4.62. The van der Waals surface area contributed by atoms with Crippen LogP contribution in [0.15, 0.2) is 10.4 Å². The van der Waals surface area contributed by atoms with Gasteiger partial charge in [-0.1, -0.05) is 23.2 Å². The lowest BCUT2D eigenvalue weighted by Crippen LogP contribution is -2.18. The molecule has 0 aromatic carbocycles. The van der Waals surface area contributed by atoms with Crippen LogP contribution in [0.2, 0.25) is 0 Å². The second-order valence-corrected chi connectivity index (χ2v) is 3.73. The minimum Gasteiger partial charge on any atom is -0.479 e. The monoisotopic (exact) mass is 184 g/mol. The zero-order chi connectivity index (χ0) is 8.36. The van der Waals surface area contributed by atoms with Gasteiger partial charge in [0, 0.05) is 0 Å². The van der Waals surface area contributed by atoms with Crippen molar-refractivity contribution in [2.75, 3.05) is 0 Å². The number of hydrogen-bond donors (Lipinski definition) is 1. The van der Waals surface area contributed by atoms with E-state index in [0.29, 0.717) is 0 Å². The molecule has 0 aliphatic carbocycles. The Kier molecular flexibility index (Phi) is 3.33. The van der Waals surface area contributed by atoms with Crippen molar-refractivity contribution in [2.45, 2.75) is 26.4 Å². The van der Waals surface area contributed by atoms with E-state index in [4.69, 9.17) is 33.0 Å². The zero-order valence-corrected chi connectivity index (χ0v) is 7.62. The van der Waals surface area contributed by atoms with Crippen LogP contribution in [0.3, 0.4) is 0 Å². The predicted octanol–water partition coefficient (Wildman–Crippen LogP) is 2.96. The molecule has 2 nitrogen and oxygen atoms in total. The molecule has 0 aliphatic rings. The Balaban J connectivity index is 4.06. The summed E-state index contributed by atoms with van der Waals surface area (Å²) in [4.78, 5) is 0. The molecule has 0 radical (unpaired) electrons. The van der Waals surface area contributed by atoms with Gasteiger partial charge in [0.05, 0.1) is 0 Å². The molecule has 0 rings (SSSR count). The summed E-state index contributed by atoms with van der Waals surface area (Å²) in [7, 11) is 0. The maximum atomic E-state index is 8.86. The summed E-state index contributed by atoms with van der Waals surface area (Å²) in [6.07, 6.45) is 0. The maximum absolute atomic E-state index is 8.86. The third kappa shape index (κ3) is 4.77. The molecule has 0 saturated carbocycles. The molecule has 1 N–H and O–H groups in total. The van der Waals surface area contributed by atoms with Gasteiger partial charge in [-0.25, -0.2) is 0 Å². The van der Waals surface area contributed by atoms with Crippen LogP contribution in [0.4, 0.5) is 0 Å². The van der Waals surface area contributed by atoms with Gasteiger partial charge in [-0.05, 0) is 20.8 Å². The van der Waals surface area contributed by atoms with Crippen LogP contribution in [-0.4, -0.2) is 10.7 Å². The number of halogens is 2. The predicted molar refractivity (Wildman–Crippen MR) is 42.2 cm³/mol. The van der Waals surface area contributed by atoms with Crippen molar-refractivity contribution >= 4 is 23.2 Å². The topological polar surface area (TPSA) is 29.5 Å². The van der Waals surface area contributed by atoms with Crippen molar-refractivity contribution in [3.05, 3.63) is 10.4 Å². The van der Waals surface area contributed by atoms with Crippen LogP contribution in [0.5, 0.6) is 0 Å². The van der Waals surface area contributed by atoms with Gasteiger partial charge in [0.25, 0.3) is 0 Å². The van der Waals surface area contributed by atoms with Gasteiger partial charge >= 0.3 is 5.95 Å². The zero-order valence-electron chi connectivity index (χ0n) is 6.11. The molecular formula is C6H10Cl2O2. The number of rotatable bonds is 1. The van der Waals surface area contributed by atoms with Gasteiger partial charge < -0.3 is 9.84 Å². The fraction of sp³-hybridized carbons (Fsp3) is 0.667. The van der Waals surface area contributed by atoms with E-state index < -0.39 is 11.5 Å². The molecule has 0 spiro atoms. The second kappa shape index (κ2) is 3.35. The van der Waals surface area contributed by atoms with E-state index in [2.05, 4.69) is 0 Å². The van der Waals surface area contributed by atoms with E-state index in [-0.39, 0.29) is 4.49 Å². The van der Waals surface area contributed by atoms with Gasteiger partial charge in [0.15, 0.2) is 4.49 Å². The minimum absolute atomic E-state index is 0.255. The van der Waals surface area contributed by atoms with E-state index in [1.807, 2.05) is 0 Å². The number of aliphatic hydroxyl groups excluding tert-OH is 1. The first-order chi connectivity index (χ1) is 4.33. The Labute approximate surface area is 70.4 Å². The van der Waals surface area contributed by atoms with Gasteiger partial charge in [-0.15, -0.1) is 0 Å². The van der Waals surface area contributed by atoms with Crippen molar-refractivity contribution in [3.63, 3.8) is 0 Å². The molecule has 0 aromatic rings. The fourth-order valence-corrected chi connectivity index (χ4v) is 0.406. The third-order valence-electron chi connectivity index (χ3n) is 0.565. The molecule has 10 heavy (non-hydrogen) atoms. The summed E-state index contributed by atoms with van der Waals surface area (Å²) >= 11 is 10.4. The largest absolute Gasteiger partial charge is 0.479 e. The standard InChI is InChI=1S/C6H10Cl2O2/c1-6(2,3)10-5(9)4(7)8/h9H,1-3H3. The normalized spacial score (nSPS) is 10.9. The van der Waals surface area contributed by atoms with E-state index in [1.54, 1.807) is 20.8 Å². The number of hydrogen-bond acceptors (Lipinski definition) is 2. The molecule has 0 amide bonds. The highest BCUT2D eigenvalue weighted by molar-refractivity contribution is 6.56. The summed E-state index contributed by atoms with van der Waals surface area (Å²) in [5.74, 6) is -0.434. The molecule has 0 aliphatic heterocycles. The first-order valence-corrected chi connectivity index (χ1v) is 3.52. The average molecular weight is 185 g/mol. The lowest BCUT2D eigenvalue weighted by molar-refractivity contribution is -0.0145. The molecule has 60 valence electrons. The smallest absolute Gasteiger partial charge is 0.308 e. The molecule has 4 heteroatoms. The molecule has 0 atom stereocenters. The van der Waals surface area contributed by atoms with Gasteiger partial charge in [0.2, 0.25) is 0 Å². The maximum Gasteiger partial charge on any atom is 0.308 e. The minimum atomic E-state index is -0.473. The quantitative estimate of drug-likeness (QED) is 0.636. The molecule has 0 bridgehead atoms. The lowest BCUT2D eigenvalue weighted by atomic mass is 10.2. The van der Waals surface area contributed by atoms with Gasteiger partial charge in [-0.3, -0.25) is 0 Å². The molecular weight excluding hydrogens is 175 g/mol. The Morgan fingerprint density at radius 2 is 1.70 bits per heavy atom.